The van der Waals surface area contributed by atoms with Crippen LogP contribution in [0.1, 0.15) is 42.1 Å². The minimum absolute atomic E-state index is 0.197. The van der Waals surface area contributed by atoms with Gasteiger partial charge in [0.15, 0.2) is 4.80 Å². The van der Waals surface area contributed by atoms with E-state index in [9.17, 15) is 9.59 Å². The number of aryl methyl sites for hydroxylation is 1. The number of esters is 1. The number of hydrogen-bond acceptors (Lipinski definition) is 6. The Balaban J connectivity index is 1.51. The van der Waals surface area contributed by atoms with Gasteiger partial charge in [-0.15, -0.1) is 0 Å². The lowest BCUT2D eigenvalue weighted by molar-refractivity contribution is -0.139. The Morgan fingerprint density at radius 2 is 1.77 bits per heavy atom. The molecule has 1 aromatic heterocycles. The van der Waals surface area contributed by atoms with Crippen molar-refractivity contribution in [3.05, 3.63) is 127 Å². The molecule has 3 aromatic carbocycles. The van der Waals surface area contributed by atoms with E-state index < -0.39 is 12.0 Å². The summed E-state index contributed by atoms with van der Waals surface area (Å²) in [7, 11) is 0. The molecule has 1 aliphatic heterocycles. The van der Waals surface area contributed by atoms with Crippen molar-refractivity contribution in [2.45, 2.75) is 33.4 Å². The normalized spacial score (nSPS) is 15.0. The Bertz CT molecular complexity index is 1790. The Hall–Kier alpha value is -2.77. The highest BCUT2D eigenvalue weighted by molar-refractivity contribution is 14.1. The van der Waals surface area contributed by atoms with E-state index in [1.807, 2.05) is 55.5 Å². The molecule has 0 aliphatic carbocycles. The summed E-state index contributed by atoms with van der Waals surface area (Å²) in [5.41, 5.74) is 4.65. The number of aromatic nitrogens is 1. The lowest BCUT2D eigenvalue weighted by atomic mass is 9.95. The van der Waals surface area contributed by atoms with Gasteiger partial charge in [0.05, 0.1) is 32.0 Å². The highest BCUT2D eigenvalue weighted by Gasteiger charge is 2.33. The largest absolute Gasteiger partial charge is 0.488 e. The van der Waals surface area contributed by atoms with Crippen molar-refractivity contribution in [3.63, 3.8) is 0 Å². The van der Waals surface area contributed by atoms with Gasteiger partial charge in [-0.1, -0.05) is 59.4 Å². The topological polar surface area (TPSA) is 69.9 Å². The molecule has 4 aromatic rings. The Morgan fingerprint density at radius 3 is 2.45 bits per heavy atom. The molecule has 0 fully saturated rings. The molecule has 2 heterocycles. The van der Waals surface area contributed by atoms with Crippen LogP contribution in [0.2, 0.25) is 0 Å². The van der Waals surface area contributed by atoms with Crippen molar-refractivity contribution < 1.29 is 14.3 Å². The lowest BCUT2D eigenvalue weighted by Gasteiger charge is -2.24. The highest BCUT2D eigenvalue weighted by Crippen LogP contribution is 2.31. The third kappa shape index (κ3) is 6.10. The van der Waals surface area contributed by atoms with Gasteiger partial charge in [0.25, 0.3) is 5.56 Å². The Morgan fingerprint density at radius 1 is 1.05 bits per heavy atom. The zero-order valence-corrected chi connectivity index (χ0v) is 27.2. The molecule has 0 N–H and O–H groups in total. The fourth-order valence-electron chi connectivity index (χ4n) is 4.47. The average Bonchev–Trinajstić information content (AvgIpc) is 3.23. The van der Waals surface area contributed by atoms with Gasteiger partial charge in [-0.3, -0.25) is 9.36 Å². The minimum Gasteiger partial charge on any atom is -0.488 e. The number of allylic oxidation sites excluding steroid dienone is 1. The molecule has 0 radical (unpaired) electrons. The van der Waals surface area contributed by atoms with Gasteiger partial charge < -0.3 is 9.47 Å². The first-order valence-electron chi connectivity index (χ1n) is 12.7. The molecule has 0 bridgehead atoms. The molecule has 0 spiro atoms. The number of halogens is 2. The second-order valence-corrected chi connectivity index (χ2v) is 12.7. The van der Waals surface area contributed by atoms with E-state index in [0.717, 1.165) is 31.6 Å². The van der Waals surface area contributed by atoms with Crippen molar-refractivity contribution in [1.29, 1.82) is 0 Å². The summed E-state index contributed by atoms with van der Waals surface area (Å²) in [4.78, 5) is 32.1. The minimum atomic E-state index is -0.616. The summed E-state index contributed by atoms with van der Waals surface area (Å²) >= 11 is 5.85. The predicted octanol–water partition coefficient (Wildman–Crippen LogP) is 5.89. The van der Waals surface area contributed by atoms with E-state index in [1.165, 1.54) is 14.9 Å². The Kier molecular flexibility index (Phi) is 8.91. The molecular formula is C31H26I2N2O4S. The number of nitrogens with zero attached hydrogens (tertiary/aromatic N) is 2. The molecule has 9 heteroatoms. The first kappa shape index (κ1) is 28.7. The van der Waals surface area contributed by atoms with Crippen LogP contribution in [0.15, 0.2) is 87.8 Å². The SMILES string of the molecule is CCOC(=O)C1=C(C)N=c2s/c(=C/c3ccc(OCc4ccc(I)cc4)c(I)c3)c(=O)n2[C@H]1c1ccc(C)cc1. The molecule has 1 aliphatic rings. The zero-order chi connectivity index (χ0) is 28.4. The fraction of sp³-hybridized carbons (Fsp3) is 0.194. The monoisotopic (exact) mass is 776 g/mol. The maximum atomic E-state index is 13.8. The molecule has 0 saturated heterocycles. The smallest absolute Gasteiger partial charge is 0.338 e. The molecule has 0 unspecified atom stereocenters. The number of hydrogen-bond donors (Lipinski definition) is 0. The van der Waals surface area contributed by atoms with E-state index in [4.69, 9.17) is 9.47 Å². The van der Waals surface area contributed by atoms with E-state index in [0.29, 0.717) is 27.2 Å². The van der Waals surface area contributed by atoms with Gasteiger partial charge in [0.2, 0.25) is 0 Å². The molecule has 6 nitrogen and oxygen atoms in total. The van der Waals surface area contributed by atoms with Crippen molar-refractivity contribution in [3.8, 4) is 5.75 Å². The van der Waals surface area contributed by atoms with Crippen LogP contribution in [0, 0.1) is 14.1 Å². The molecule has 1 atom stereocenters. The number of benzene rings is 3. The van der Waals surface area contributed by atoms with Crippen LogP contribution in [0.4, 0.5) is 0 Å². The standard InChI is InChI=1S/C31H26I2N2O4S/c1-4-38-30(37)27-19(3)34-31-35(28(27)22-10-5-18(2)6-11-22)29(36)26(40-31)16-21-9-14-25(24(33)15-21)39-17-20-7-12-23(32)13-8-20/h5-16,28H,4,17H2,1-3H3/b26-16+/t28-/m0/s1. The number of fused-ring (bicyclic) bond motifs is 1. The fourth-order valence-corrected chi connectivity index (χ4v) is 6.57. The molecule has 0 amide bonds. The van der Waals surface area contributed by atoms with Crippen LogP contribution in [-0.4, -0.2) is 17.1 Å². The van der Waals surface area contributed by atoms with Gasteiger partial charge in [0.1, 0.15) is 12.4 Å². The van der Waals surface area contributed by atoms with Crippen molar-refractivity contribution in [2.24, 2.45) is 4.99 Å². The van der Waals surface area contributed by atoms with E-state index >= 15 is 0 Å². The van der Waals surface area contributed by atoms with Crippen LogP contribution in [0.25, 0.3) is 6.08 Å². The van der Waals surface area contributed by atoms with Crippen molar-refractivity contribution in [1.82, 2.24) is 4.57 Å². The number of ether oxygens (including phenoxy) is 2. The Labute approximate surface area is 263 Å². The molecule has 5 rings (SSSR count). The summed E-state index contributed by atoms with van der Waals surface area (Å²) in [5, 5.41) is 0. The molecular weight excluding hydrogens is 750 g/mol. The van der Waals surface area contributed by atoms with Crippen LogP contribution in [-0.2, 0) is 16.1 Å². The van der Waals surface area contributed by atoms with Crippen LogP contribution in [0.3, 0.4) is 0 Å². The van der Waals surface area contributed by atoms with E-state index in [-0.39, 0.29) is 12.2 Å². The average molecular weight is 776 g/mol. The molecule has 0 saturated carbocycles. The number of carbonyl (C=O) groups excluding carboxylic acids is 1. The summed E-state index contributed by atoms with van der Waals surface area (Å²) in [6, 6.07) is 21.3. The predicted molar refractivity (Wildman–Crippen MR) is 174 cm³/mol. The van der Waals surface area contributed by atoms with Crippen molar-refractivity contribution >= 4 is 68.6 Å². The lowest BCUT2D eigenvalue weighted by Crippen LogP contribution is -2.39. The third-order valence-electron chi connectivity index (χ3n) is 6.47. The summed E-state index contributed by atoms with van der Waals surface area (Å²) < 4.78 is 15.7. The first-order chi connectivity index (χ1) is 19.2. The number of rotatable bonds is 7. The number of carbonyl (C=O) groups is 1. The second kappa shape index (κ2) is 12.4. The third-order valence-corrected chi connectivity index (χ3v) is 9.02. The second-order valence-electron chi connectivity index (χ2n) is 9.32. The van der Waals surface area contributed by atoms with Gasteiger partial charge in [0, 0.05) is 3.57 Å². The molecule has 40 heavy (non-hydrogen) atoms. The van der Waals surface area contributed by atoms with Gasteiger partial charge in [-0.05, 0) is 113 Å². The maximum Gasteiger partial charge on any atom is 0.338 e. The van der Waals surface area contributed by atoms with E-state index in [1.54, 1.807) is 18.4 Å². The summed E-state index contributed by atoms with van der Waals surface area (Å²) in [5.74, 6) is 0.325. The molecule has 204 valence electrons. The van der Waals surface area contributed by atoms with Crippen LogP contribution in [0.5, 0.6) is 5.75 Å². The highest BCUT2D eigenvalue weighted by atomic mass is 127. The number of thiazole rings is 1. The van der Waals surface area contributed by atoms with E-state index in [2.05, 4.69) is 74.4 Å². The zero-order valence-electron chi connectivity index (χ0n) is 22.1. The first-order valence-corrected chi connectivity index (χ1v) is 15.7. The van der Waals surface area contributed by atoms with Crippen LogP contribution >= 0.6 is 56.5 Å². The summed E-state index contributed by atoms with van der Waals surface area (Å²) in [6.07, 6.45) is 1.87. The van der Waals surface area contributed by atoms with Crippen LogP contribution < -0.4 is 19.6 Å². The quantitative estimate of drug-likeness (QED) is 0.174. The van der Waals surface area contributed by atoms with Crippen molar-refractivity contribution in [2.75, 3.05) is 6.61 Å². The van der Waals surface area contributed by atoms with Gasteiger partial charge in [-0.25, -0.2) is 9.79 Å². The maximum absolute atomic E-state index is 13.8. The summed E-state index contributed by atoms with van der Waals surface area (Å²) in [6.45, 7) is 6.28. The van der Waals surface area contributed by atoms with Gasteiger partial charge in [-0.2, -0.15) is 0 Å². The van der Waals surface area contributed by atoms with Gasteiger partial charge >= 0.3 is 5.97 Å².